The van der Waals surface area contributed by atoms with Gasteiger partial charge in [-0.3, -0.25) is 4.79 Å². The third-order valence-corrected chi connectivity index (χ3v) is 2.50. The Hall–Kier alpha value is -2.14. The molecule has 21 heavy (non-hydrogen) atoms. The molecule has 1 aromatic carbocycles. The molecule has 0 saturated carbocycles. The number of aliphatic hydroxyl groups excluding tert-OH is 1. The first-order valence-electron chi connectivity index (χ1n) is 6.82. The van der Waals surface area contributed by atoms with Gasteiger partial charge in [0.25, 0.3) is 0 Å². The van der Waals surface area contributed by atoms with E-state index in [9.17, 15) is 9.59 Å². The van der Waals surface area contributed by atoms with E-state index in [1.54, 1.807) is 12.1 Å². The summed E-state index contributed by atoms with van der Waals surface area (Å²) in [5.41, 5.74) is 1.05. The van der Waals surface area contributed by atoms with Crippen molar-refractivity contribution in [3.8, 4) is 5.75 Å². The highest BCUT2D eigenvalue weighted by Crippen LogP contribution is 2.22. The number of aryl methyl sites for hydroxylation is 1. The summed E-state index contributed by atoms with van der Waals surface area (Å²) in [4.78, 5) is 21.5. The largest absolute Gasteiger partial charge is 0.486 e. The Balaban J connectivity index is 0.000000921. The van der Waals surface area contributed by atoms with E-state index in [1.807, 2.05) is 26.8 Å². The van der Waals surface area contributed by atoms with Crippen LogP contribution >= 0.6 is 0 Å². The van der Waals surface area contributed by atoms with Gasteiger partial charge in [0.2, 0.25) is 0 Å². The number of carbonyl (C=O) groups excluding carboxylic acids is 1. The van der Waals surface area contributed by atoms with Crippen molar-refractivity contribution >= 4 is 17.3 Å². The molecule has 5 nitrogen and oxygen atoms in total. The maximum absolute atomic E-state index is 11.3. The molecule has 116 valence electrons. The molecule has 0 radical (unpaired) electrons. The molecule has 0 unspecified atom stereocenters. The lowest BCUT2D eigenvalue weighted by Crippen LogP contribution is -2.01. The van der Waals surface area contributed by atoms with Crippen LogP contribution in [0.5, 0.6) is 5.75 Å². The van der Waals surface area contributed by atoms with Gasteiger partial charge < -0.3 is 14.3 Å². The Bertz CT molecular complexity index is 601. The fourth-order valence-electron chi connectivity index (χ4n) is 1.72. The Morgan fingerprint density at radius 2 is 1.90 bits per heavy atom. The Morgan fingerprint density at radius 1 is 1.24 bits per heavy atom. The number of carbonyl (C=O) groups is 1. The highest BCUT2D eigenvalue weighted by Gasteiger charge is 2.05. The predicted octanol–water partition coefficient (Wildman–Crippen LogP) is 2.57. The summed E-state index contributed by atoms with van der Waals surface area (Å²) in [5, 5.41) is 7.89. The fraction of sp³-hybridized carbons (Fsp3) is 0.375. The van der Waals surface area contributed by atoms with Crippen LogP contribution in [0.2, 0.25) is 0 Å². The van der Waals surface area contributed by atoms with Gasteiger partial charge in [0.15, 0.2) is 6.29 Å². The van der Waals surface area contributed by atoms with Gasteiger partial charge in [-0.2, -0.15) is 0 Å². The fourth-order valence-corrected chi connectivity index (χ4v) is 1.72. The average Bonchev–Trinajstić information content (AvgIpc) is 2.55. The number of aliphatic hydroxyl groups is 1. The van der Waals surface area contributed by atoms with Crippen LogP contribution in [0.1, 0.15) is 26.3 Å². The quantitative estimate of drug-likeness (QED) is 0.692. The summed E-state index contributed by atoms with van der Waals surface area (Å²) in [5.74, 6) is 0.515. The Morgan fingerprint density at radius 3 is 2.48 bits per heavy atom. The second kappa shape index (κ2) is 10.6. The van der Waals surface area contributed by atoms with Gasteiger partial charge in [-0.1, -0.05) is 20.8 Å². The zero-order valence-corrected chi connectivity index (χ0v) is 12.9. The molecule has 0 atom stereocenters. The van der Waals surface area contributed by atoms with Crippen LogP contribution in [-0.4, -0.2) is 25.1 Å². The van der Waals surface area contributed by atoms with Gasteiger partial charge in [-0.15, -0.1) is 0 Å². The first kappa shape index (κ1) is 18.9. The molecule has 0 spiro atoms. The number of fused-ring (bicyclic) bond motifs is 1. The standard InChI is InChI=1S/C13H12O4.C2H6.CH4O/c1-2-9-7-13(15)17-12-8-10(16-6-5-14)3-4-11(9)12;2*1-2/h3-5,7-8H,2,6H2,1H3;1-2H3;2H,1H3. The van der Waals surface area contributed by atoms with Crippen LogP contribution in [0.4, 0.5) is 0 Å². The molecule has 0 aliphatic heterocycles. The molecule has 1 N–H and O–H groups in total. The van der Waals surface area contributed by atoms with Gasteiger partial charge in [0.05, 0.1) is 0 Å². The summed E-state index contributed by atoms with van der Waals surface area (Å²) in [6, 6.07) is 6.70. The number of aldehydes is 1. The van der Waals surface area contributed by atoms with Gasteiger partial charge in [0.1, 0.15) is 17.9 Å². The van der Waals surface area contributed by atoms with Crippen LogP contribution in [0.15, 0.2) is 33.5 Å². The maximum atomic E-state index is 11.3. The van der Waals surface area contributed by atoms with E-state index in [2.05, 4.69) is 0 Å². The van der Waals surface area contributed by atoms with Crippen molar-refractivity contribution in [3.63, 3.8) is 0 Å². The topological polar surface area (TPSA) is 76.7 Å². The Kier molecular flexibility index (Phi) is 9.54. The van der Waals surface area contributed by atoms with Crippen LogP contribution in [-0.2, 0) is 11.2 Å². The minimum Gasteiger partial charge on any atom is -0.486 e. The van der Waals surface area contributed by atoms with Crippen LogP contribution in [0, 0.1) is 0 Å². The smallest absolute Gasteiger partial charge is 0.336 e. The van der Waals surface area contributed by atoms with Crippen molar-refractivity contribution in [3.05, 3.63) is 40.2 Å². The molecule has 0 bridgehead atoms. The second-order valence-electron chi connectivity index (χ2n) is 3.58. The van der Waals surface area contributed by atoms with Gasteiger partial charge >= 0.3 is 5.63 Å². The molecule has 0 amide bonds. The Labute approximate surface area is 124 Å². The highest BCUT2D eigenvalue weighted by molar-refractivity contribution is 5.81. The first-order chi connectivity index (χ1) is 10.2. The lowest BCUT2D eigenvalue weighted by atomic mass is 10.1. The second-order valence-corrected chi connectivity index (χ2v) is 3.58. The van der Waals surface area contributed by atoms with Crippen molar-refractivity contribution < 1.29 is 19.1 Å². The van der Waals surface area contributed by atoms with Crippen LogP contribution in [0.3, 0.4) is 0 Å². The number of hydrogen-bond acceptors (Lipinski definition) is 5. The van der Waals surface area contributed by atoms with E-state index in [0.29, 0.717) is 17.6 Å². The van der Waals surface area contributed by atoms with E-state index in [4.69, 9.17) is 14.3 Å². The average molecular weight is 294 g/mol. The van der Waals surface area contributed by atoms with E-state index in [-0.39, 0.29) is 12.2 Å². The summed E-state index contributed by atoms with van der Waals surface area (Å²) < 4.78 is 10.2. The molecule has 0 aliphatic rings. The third kappa shape index (κ3) is 5.39. The van der Waals surface area contributed by atoms with Gasteiger partial charge in [-0.05, 0) is 24.1 Å². The molecule has 1 aromatic heterocycles. The normalized spacial score (nSPS) is 9.00. The predicted molar refractivity (Wildman–Crippen MR) is 82.9 cm³/mol. The van der Waals surface area contributed by atoms with E-state index in [1.165, 1.54) is 6.07 Å². The van der Waals surface area contributed by atoms with E-state index < -0.39 is 0 Å². The third-order valence-electron chi connectivity index (χ3n) is 2.50. The molecule has 0 fully saturated rings. The molecular weight excluding hydrogens is 272 g/mol. The molecule has 5 heteroatoms. The van der Waals surface area contributed by atoms with Gasteiger partial charge in [-0.25, -0.2) is 4.79 Å². The van der Waals surface area contributed by atoms with Crippen molar-refractivity contribution in [1.82, 2.24) is 0 Å². The lowest BCUT2D eigenvalue weighted by molar-refractivity contribution is -0.109. The zero-order chi connectivity index (χ0) is 16.3. The maximum Gasteiger partial charge on any atom is 0.336 e. The van der Waals surface area contributed by atoms with Gasteiger partial charge in [0, 0.05) is 24.6 Å². The number of ether oxygens (including phenoxy) is 1. The SMILES string of the molecule is CC.CCc1cc(=O)oc2cc(OCC=O)ccc12.CO. The molecule has 2 aromatic rings. The van der Waals surface area contributed by atoms with Crippen LogP contribution in [0.25, 0.3) is 11.0 Å². The summed E-state index contributed by atoms with van der Waals surface area (Å²) in [6.45, 7) is 5.97. The number of hydrogen-bond donors (Lipinski definition) is 1. The molecule has 1 heterocycles. The zero-order valence-electron chi connectivity index (χ0n) is 12.9. The summed E-state index contributed by atoms with van der Waals surface area (Å²) in [6.07, 6.45) is 1.43. The first-order valence-corrected chi connectivity index (χ1v) is 6.82. The number of rotatable bonds is 4. The van der Waals surface area contributed by atoms with Crippen molar-refractivity contribution in [2.45, 2.75) is 27.2 Å². The van der Waals surface area contributed by atoms with Crippen molar-refractivity contribution in [2.24, 2.45) is 0 Å². The minimum atomic E-state index is -0.373. The van der Waals surface area contributed by atoms with Crippen molar-refractivity contribution in [2.75, 3.05) is 13.7 Å². The summed E-state index contributed by atoms with van der Waals surface area (Å²) in [7, 11) is 1.00. The lowest BCUT2D eigenvalue weighted by Gasteiger charge is -2.05. The molecule has 0 saturated heterocycles. The van der Waals surface area contributed by atoms with Crippen LogP contribution < -0.4 is 10.4 Å². The monoisotopic (exact) mass is 294 g/mol. The number of benzene rings is 1. The molecule has 0 aliphatic carbocycles. The molecular formula is C16H22O5. The molecule has 2 rings (SSSR count). The highest BCUT2D eigenvalue weighted by atomic mass is 16.5. The van der Waals surface area contributed by atoms with E-state index >= 15 is 0 Å². The summed E-state index contributed by atoms with van der Waals surface area (Å²) >= 11 is 0. The van der Waals surface area contributed by atoms with E-state index in [0.717, 1.165) is 24.5 Å². The van der Waals surface area contributed by atoms with Crippen molar-refractivity contribution in [1.29, 1.82) is 0 Å². The minimum absolute atomic E-state index is 0.0107.